The van der Waals surface area contributed by atoms with Crippen LogP contribution in [0, 0.1) is 0 Å². The van der Waals surface area contributed by atoms with Crippen LogP contribution in [0.5, 0.6) is 17.4 Å². The fourth-order valence-electron chi connectivity index (χ4n) is 1.79. The van der Waals surface area contributed by atoms with Gasteiger partial charge in [-0.15, -0.1) is 0 Å². The minimum absolute atomic E-state index is 0.0752. The number of nitrogens with two attached hydrogens (primary N) is 1. The SMILES string of the molecule is CCc1ccc(Oc2cccc(/C(N)=N/O)n2)c(OC)c1. The van der Waals surface area contributed by atoms with E-state index in [1.165, 1.54) is 0 Å². The molecule has 3 N–H and O–H groups in total. The van der Waals surface area contributed by atoms with Gasteiger partial charge in [0.1, 0.15) is 5.69 Å². The maximum absolute atomic E-state index is 8.67. The number of pyridine rings is 1. The number of amidine groups is 1. The van der Waals surface area contributed by atoms with Gasteiger partial charge in [0, 0.05) is 6.07 Å². The molecule has 0 unspecified atom stereocenters. The summed E-state index contributed by atoms with van der Waals surface area (Å²) in [5, 5.41) is 11.6. The lowest BCUT2D eigenvalue weighted by Gasteiger charge is -2.11. The van der Waals surface area contributed by atoms with E-state index >= 15 is 0 Å². The van der Waals surface area contributed by atoms with Crippen molar-refractivity contribution in [1.29, 1.82) is 0 Å². The molecular weight excluding hydrogens is 270 g/mol. The van der Waals surface area contributed by atoms with Crippen LogP contribution in [0.15, 0.2) is 41.6 Å². The monoisotopic (exact) mass is 287 g/mol. The van der Waals surface area contributed by atoms with Crippen LogP contribution in [0.25, 0.3) is 0 Å². The Morgan fingerprint density at radius 1 is 1.29 bits per heavy atom. The van der Waals surface area contributed by atoms with Crippen LogP contribution in [0.3, 0.4) is 0 Å². The van der Waals surface area contributed by atoms with Crippen LogP contribution < -0.4 is 15.2 Å². The topological polar surface area (TPSA) is 90.0 Å². The van der Waals surface area contributed by atoms with E-state index in [1.54, 1.807) is 25.3 Å². The number of rotatable bonds is 5. The fraction of sp³-hybridized carbons (Fsp3) is 0.200. The van der Waals surface area contributed by atoms with Gasteiger partial charge in [-0.25, -0.2) is 4.98 Å². The predicted octanol–water partition coefficient (Wildman–Crippen LogP) is 2.54. The molecule has 1 aromatic heterocycles. The van der Waals surface area contributed by atoms with Crippen LogP contribution in [-0.2, 0) is 6.42 Å². The van der Waals surface area contributed by atoms with E-state index in [4.69, 9.17) is 20.4 Å². The molecule has 0 atom stereocenters. The molecule has 0 aliphatic rings. The summed E-state index contributed by atoms with van der Waals surface area (Å²) in [6, 6.07) is 10.7. The Kier molecular flexibility index (Phi) is 4.61. The van der Waals surface area contributed by atoms with Crippen LogP contribution in [0.1, 0.15) is 18.2 Å². The summed E-state index contributed by atoms with van der Waals surface area (Å²) in [7, 11) is 1.59. The number of aryl methyl sites for hydroxylation is 1. The first-order chi connectivity index (χ1) is 10.2. The third-order valence-corrected chi connectivity index (χ3v) is 2.94. The first kappa shape index (κ1) is 14.6. The molecule has 6 nitrogen and oxygen atoms in total. The Labute approximate surface area is 122 Å². The standard InChI is InChI=1S/C15H17N3O3/c1-3-10-7-8-12(13(9-10)20-2)21-14-6-4-5-11(17-14)15(16)18-19/h4-9,19H,3H2,1-2H3,(H2,16,18). The summed E-state index contributed by atoms with van der Waals surface area (Å²) in [5.41, 5.74) is 6.99. The van der Waals surface area contributed by atoms with Gasteiger partial charge in [0.05, 0.1) is 7.11 Å². The first-order valence-electron chi connectivity index (χ1n) is 6.47. The minimum atomic E-state index is -0.0752. The normalized spacial score (nSPS) is 11.2. The molecule has 6 heteroatoms. The van der Waals surface area contributed by atoms with Crippen molar-refractivity contribution in [3.05, 3.63) is 47.7 Å². The molecule has 0 aliphatic heterocycles. The Balaban J connectivity index is 2.30. The van der Waals surface area contributed by atoms with E-state index in [0.29, 0.717) is 23.1 Å². The second-order valence-corrected chi connectivity index (χ2v) is 4.29. The van der Waals surface area contributed by atoms with E-state index in [1.807, 2.05) is 18.2 Å². The Bertz CT molecular complexity index is 656. The lowest BCUT2D eigenvalue weighted by atomic mass is 10.1. The number of nitrogens with zero attached hydrogens (tertiary/aromatic N) is 2. The van der Waals surface area contributed by atoms with Gasteiger partial charge >= 0.3 is 0 Å². The Morgan fingerprint density at radius 2 is 2.10 bits per heavy atom. The van der Waals surface area contributed by atoms with Crippen molar-refractivity contribution in [2.75, 3.05) is 7.11 Å². The second kappa shape index (κ2) is 6.60. The second-order valence-electron chi connectivity index (χ2n) is 4.29. The highest BCUT2D eigenvalue weighted by atomic mass is 16.5. The number of aromatic nitrogens is 1. The number of oxime groups is 1. The third kappa shape index (κ3) is 3.42. The average Bonchev–Trinajstić information content (AvgIpc) is 2.54. The molecule has 0 fully saturated rings. The maximum atomic E-state index is 8.67. The van der Waals surface area contributed by atoms with Crippen molar-refractivity contribution in [1.82, 2.24) is 4.98 Å². The molecule has 1 aromatic carbocycles. The molecule has 1 heterocycles. The fourth-order valence-corrected chi connectivity index (χ4v) is 1.79. The van der Waals surface area contributed by atoms with Gasteiger partial charge in [-0.2, -0.15) is 0 Å². The molecule has 0 spiro atoms. The van der Waals surface area contributed by atoms with E-state index in [9.17, 15) is 0 Å². The average molecular weight is 287 g/mol. The summed E-state index contributed by atoms with van der Waals surface area (Å²) >= 11 is 0. The highest BCUT2D eigenvalue weighted by Gasteiger charge is 2.09. The molecule has 2 rings (SSSR count). The number of ether oxygens (including phenoxy) is 2. The van der Waals surface area contributed by atoms with Gasteiger partial charge in [0.2, 0.25) is 5.88 Å². The van der Waals surface area contributed by atoms with Gasteiger partial charge in [-0.3, -0.25) is 0 Å². The van der Waals surface area contributed by atoms with Crippen LogP contribution in [0.4, 0.5) is 0 Å². The Hall–Kier alpha value is -2.76. The smallest absolute Gasteiger partial charge is 0.220 e. The van der Waals surface area contributed by atoms with Gasteiger partial charge in [-0.05, 0) is 30.2 Å². The van der Waals surface area contributed by atoms with Crippen molar-refractivity contribution in [3.8, 4) is 17.4 Å². The molecule has 0 radical (unpaired) electrons. The number of hydrogen-bond donors (Lipinski definition) is 2. The lowest BCUT2D eigenvalue weighted by Crippen LogP contribution is -2.14. The van der Waals surface area contributed by atoms with Gasteiger partial charge < -0.3 is 20.4 Å². The van der Waals surface area contributed by atoms with Gasteiger partial charge in [0.15, 0.2) is 17.3 Å². The van der Waals surface area contributed by atoms with E-state index in [2.05, 4.69) is 17.1 Å². The minimum Gasteiger partial charge on any atom is -0.493 e. The summed E-state index contributed by atoms with van der Waals surface area (Å²) in [5.74, 6) is 1.44. The van der Waals surface area contributed by atoms with Crippen LogP contribution >= 0.6 is 0 Å². The van der Waals surface area contributed by atoms with Crippen molar-refractivity contribution >= 4 is 5.84 Å². The summed E-state index contributed by atoms with van der Waals surface area (Å²) in [4.78, 5) is 4.16. The molecule has 0 aliphatic carbocycles. The number of methoxy groups -OCH3 is 1. The zero-order chi connectivity index (χ0) is 15.2. The van der Waals surface area contributed by atoms with Crippen molar-refractivity contribution in [3.63, 3.8) is 0 Å². The summed E-state index contributed by atoms with van der Waals surface area (Å²) in [6.45, 7) is 2.07. The van der Waals surface area contributed by atoms with Crippen LogP contribution in [0.2, 0.25) is 0 Å². The highest BCUT2D eigenvalue weighted by molar-refractivity contribution is 5.95. The van der Waals surface area contributed by atoms with Crippen LogP contribution in [-0.4, -0.2) is 23.1 Å². The van der Waals surface area contributed by atoms with Crippen molar-refractivity contribution in [2.24, 2.45) is 10.9 Å². The van der Waals surface area contributed by atoms with Crippen molar-refractivity contribution < 1.29 is 14.7 Å². The van der Waals surface area contributed by atoms with Gasteiger partial charge in [0.25, 0.3) is 0 Å². The molecule has 2 aromatic rings. The molecular formula is C15H17N3O3. The summed E-state index contributed by atoms with van der Waals surface area (Å²) in [6.07, 6.45) is 0.911. The number of hydrogen-bond acceptors (Lipinski definition) is 5. The largest absolute Gasteiger partial charge is 0.493 e. The molecule has 0 bridgehead atoms. The first-order valence-corrected chi connectivity index (χ1v) is 6.47. The van der Waals surface area contributed by atoms with E-state index in [-0.39, 0.29) is 5.84 Å². The predicted molar refractivity (Wildman–Crippen MR) is 79.2 cm³/mol. The number of benzene rings is 1. The van der Waals surface area contributed by atoms with Gasteiger partial charge in [-0.1, -0.05) is 24.2 Å². The molecule has 21 heavy (non-hydrogen) atoms. The van der Waals surface area contributed by atoms with Crippen molar-refractivity contribution in [2.45, 2.75) is 13.3 Å². The molecule has 110 valence electrons. The zero-order valence-corrected chi connectivity index (χ0v) is 11.9. The molecule has 0 saturated heterocycles. The third-order valence-electron chi connectivity index (χ3n) is 2.94. The maximum Gasteiger partial charge on any atom is 0.220 e. The van der Waals surface area contributed by atoms with E-state index < -0.39 is 0 Å². The quantitative estimate of drug-likeness (QED) is 0.382. The lowest BCUT2D eigenvalue weighted by molar-refractivity contribution is 0.318. The molecule has 0 saturated carbocycles. The summed E-state index contributed by atoms with van der Waals surface area (Å²) < 4.78 is 11.0. The van der Waals surface area contributed by atoms with E-state index in [0.717, 1.165) is 12.0 Å². The zero-order valence-electron chi connectivity index (χ0n) is 11.9. The Morgan fingerprint density at radius 3 is 2.76 bits per heavy atom. The molecule has 0 amide bonds. The highest BCUT2D eigenvalue weighted by Crippen LogP contribution is 2.31.